The minimum Gasteiger partial charge on any atom is -0.452 e. The minimum atomic E-state index is -0.729. The monoisotopic (exact) mass is 423 g/mol. The average molecular weight is 423 g/mol. The van der Waals surface area contributed by atoms with Crippen molar-refractivity contribution >= 4 is 35.2 Å². The van der Waals surface area contributed by atoms with Gasteiger partial charge in [-0.3, -0.25) is 19.3 Å². The summed E-state index contributed by atoms with van der Waals surface area (Å²) in [4.78, 5) is 51.5. The summed E-state index contributed by atoms with van der Waals surface area (Å²) < 4.78 is 9.91. The molecule has 4 atom stereocenters. The Morgan fingerprint density at radius 2 is 1.87 bits per heavy atom. The highest BCUT2D eigenvalue weighted by Crippen LogP contribution is 2.56. The highest BCUT2D eigenvalue weighted by Gasteiger charge is 2.61. The first-order valence-electron chi connectivity index (χ1n) is 10.3. The average Bonchev–Trinajstić information content (AvgIpc) is 3.51. The van der Waals surface area contributed by atoms with Gasteiger partial charge >= 0.3 is 5.97 Å². The first-order valence-corrected chi connectivity index (χ1v) is 10.3. The Hall–Kier alpha value is -3.49. The normalized spacial score (nSPS) is 26.3. The first-order chi connectivity index (χ1) is 14.9. The van der Waals surface area contributed by atoms with Crippen molar-refractivity contribution in [2.45, 2.75) is 26.2 Å². The molecule has 2 bridgehead atoms. The molecule has 1 aromatic carbocycles. The van der Waals surface area contributed by atoms with E-state index in [1.165, 1.54) is 23.1 Å². The van der Waals surface area contributed by atoms with E-state index < -0.39 is 18.5 Å². The van der Waals surface area contributed by atoms with Gasteiger partial charge in [-0.15, -0.1) is 0 Å². The first kappa shape index (κ1) is 19.5. The van der Waals surface area contributed by atoms with Crippen molar-refractivity contribution in [3.63, 3.8) is 0 Å². The highest BCUT2D eigenvalue weighted by molar-refractivity contribution is 6.22. The van der Waals surface area contributed by atoms with E-state index >= 15 is 0 Å². The van der Waals surface area contributed by atoms with Gasteiger partial charge in [0.15, 0.2) is 12.4 Å². The standard InChI is InChI=1S/C22H21N3O6/c1-11-7-16(24-31-11)23-17(26)10-30-22(29)14-3-2-4-15(9-14)25-20(27)18-12-5-6-13(8-12)19(18)21(25)28/h2-4,7,9,12-13,18-19H,5-6,8,10H2,1H3,(H,23,24,26)/t12-,13-,18+,19+/m0/s1. The summed E-state index contributed by atoms with van der Waals surface area (Å²) >= 11 is 0. The van der Waals surface area contributed by atoms with Crippen molar-refractivity contribution in [2.75, 3.05) is 16.8 Å². The molecule has 1 aliphatic heterocycles. The van der Waals surface area contributed by atoms with Crippen LogP contribution in [0.5, 0.6) is 0 Å². The van der Waals surface area contributed by atoms with Crippen LogP contribution in [0.15, 0.2) is 34.9 Å². The molecular formula is C22H21N3O6. The molecule has 1 N–H and O–H groups in total. The van der Waals surface area contributed by atoms with Gasteiger partial charge in [-0.1, -0.05) is 11.2 Å². The van der Waals surface area contributed by atoms with E-state index in [2.05, 4.69) is 10.5 Å². The Labute approximate surface area is 177 Å². The Kier molecular flexibility index (Phi) is 4.60. The number of anilines is 2. The number of carbonyl (C=O) groups is 4. The zero-order chi connectivity index (χ0) is 21.7. The van der Waals surface area contributed by atoms with Gasteiger partial charge in [0.05, 0.1) is 23.1 Å². The lowest BCUT2D eigenvalue weighted by molar-refractivity contribution is -0.123. The summed E-state index contributed by atoms with van der Waals surface area (Å²) in [6, 6.07) is 7.73. The van der Waals surface area contributed by atoms with E-state index in [0.717, 1.165) is 19.3 Å². The highest BCUT2D eigenvalue weighted by atomic mass is 16.5. The smallest absolute Gasteiger partial charge is 0.338 e. The largest absolute Gasteiger partial charge is 0.452 e. The van der Waals surface area contributed by atoms with Crippen molar-refractivity contribution in [1.82, 2.24) is 5.16 Å². The van der Waals surface area contributed by atoms with Gasteiger partial charge < -0.3 is 14.6 Å². The summed E-state index contributed by atoms with van der Waals surface area (Å²) in [6.45, 7) is 1.17. The van der Waals surface area contributed by atoms with Crippen LogP contribution in [0, 0.1) is 30.6 Å². The van der Waals surface area contributed by atoms with E-state index in [1.54, 1.807) is 19.1 Å². The van der Waals surface area contributed by atoms with Crippen LogP contribution in [0.1, 0.15) is 35.4 Å². The number of esters is 1. The van der Waals surface area contributed by atoms with Crippen molar-refractivity contribution in [1.29, 1.82) is 0 Å². The van der Waals surface area contributed by atoms with Gasteiger partial charge in [0.25, 0.3) is 5.91 Å². The van der Waals surface area contributed by atoms with E-state index in [1.807, 2.05) is 0 Å². The number of aromatic nitrogens is 1. The van der Waals surface area contributed by atoms with Crippen molar-refractivity contribution in [3.05, 3.63) is 41.7 Å². The number of nitrogens with zero attached hydrogens (tertiary/aromatic N) is 2. The molecule has 1 aromatic heterocycles. The Morgan fingerprint density at radius 1 is 1.16 bits per heavy atom. The van der Waals surface area contributed by atoms with Crippen LogP contribution in [0.25, 0.3) is 0 Å². The molecule has 2 heterocycles. The zero-order valence-electron chi connectivity index (χ0n) is 16.9. The third-order valence-corrected chi connectivity index (χ3v) is 6.50. The fourth-order valence-electron chi connectivity index (χ4n) is 5.25. The SMILES string of the molecule is Cc1cc(NC(=O)COC(=O)c2cccc(N3C(=O)[C@@H]4[C@H]5CC[C@@H](C5)[C@H]4C3=O)c2)no1. The molecule has 0 spiro atoms. The number of hydrogen-bond donors (Lipinski definition) is 1. The predicted molar refractivity (Wildman–Crippen MR) is 107 cm³/mol. The number of benzene rings is 1. The summed E-state index contributed by atoms with van der Waals surface area (Å²) in [5.74, 6) is -0.758. The van der Waals surface area contributed by atoms with Gasteiger partial charge in [0.1, 0.15) is 5.76 Å². The molecule has 2 saturated carbocycles. The van der Waals surface area contributed by atoms with Crippen LogP contribution in [0.3, 0.4) is 0 Å². The van der Waals surface area contributed by atoms with Gasteiger partial charge in [-0.2, -0.15) is 0 Å². The molecule has 31 heavy (non-hydrogen) atoms. The maximum Gasteiger partial charge on any atom is 0.338 e. The minimum absolute atomic E-state index is 0.156. The number of hydrogen-bond acceptors (Lipinski definition) is 7. The molecule has 9 nitrogen and oxygen atoms in total. The van der Waals surface area contributed by atoms with Crippen molar-refractivity contribution in [3.8, 4) is 0 Å². The van der Waals surface area contributed by atoms with Gasteiger partial charge in [-0.25, -0.2) is 4.79 Å². The zero-order valence-corrected chi connectivity index (χ0v) is 16.9. The lowest BCUT2D eigenvalue weighted by Crippen LogP contribution is -2.32. The predicted octanol–water partition coefficient (Wildman–Crippen LogP) is 2.31. The summed E-state index contributed by atoms with van der Waals surface area (Å²) in [5.41, 5.74) is 0.518. The molecule has 3 aliphatic rings. The number of aryl methyl sites for hydroxylation is 1. The molecule has 2 aromatic rings. The maximum atomic E-state index is 13.0. The van der Waals surface area contributed by atoms with Crippen LogP contribution in [0.4, 0.5) is 11.5 Å². The topological polar surface area (TPSA) is 119 Å². The van der Waals surface area contributed by atoms with Crippen molar-refractivity contribution < 1.29 is 28.4 Å². The molecule has 9 heteroatoms. The number of nitrogens with one attached hydrogen (secondary N) is 1. The van der Waals surface area contributed by atoms with Gasteiger partial charge in [-0.05, 0) is 56.2 Å². The number of amides is 3. The van der Waals surface area contributed by atoms with Crippen LogP contribution in [-0.2, 0) is 19.1 Å². The molecule has 1 saturated heterocycles. The fraction of sp³-hybridized carbons (Fsp3) is 0.409. The number of imide groups is 1. The number of fused-ring (bicyclic) bond motifs is 5. The lowest BCUT2D eigenvalue weighted by Gasteiger charge is -2.19. The summed E-state index contributed by atoms with van der Waals surface area (Å²) in [6.07, 6.45) is 2.96. The summed E-state index contributed by atoms with van der Waals surface area (Å²) in [5, 5.41) is 6.09. The third kappa shape index (κ3) is 3.30. The van der Waals surface area contributed by atoms with Crippen LogP contribution in [-0.4, -0.2) is 35.5 Å². The molecule has 3 amide bonds. The number of rotatable bonds is 5. The second-order valence-corrected chi connectivity index (χ2v) is 8.39. The van der Waals surface area contributed by atoms with Crippen LogP contribution in [0.2, 0.25) is 0 Å². The molecule has 0 radical (unpaired) electrons. The van der Waals surface area contributed by atoms with Crippen molar-refractivity contribution in [2.24, 2.45) is 23.7 Å². The van der Waals surface area contributed by atoms with E-state index in [4.69, 9.17) is 9.26 Å². The molecule has 5 rings (SSSR count). The third-order valence-electron chi connectivity index (χ3n) is 6.50. The molecule has 160 valence electrons. The number of ether oxygens (including phenoxy) is 1. The second kappa shape index (κ2) is 7.33. The Bertz CT molecular complexity index is 1060. The lowest BCUT2D eigenvalue weighted by atomic mass is 9.81. The molecule has 3 fully saturated rings. The van der Waals surface area contributed by atoms with E-state index in [0.29, 0.717) is 11.4 Å². The quantitative estimate of drug-likeness (QED) is 0.579. The Balaban J connectivity index is 1.26. The Morgan fingerprint density at radius 3 is 2.52 bits per heavy atom. The van der Waals surface area contributed by atoms with Gasteiger partial charge in [0, 0.05) is 6.07 Å². The van der Waals surface area contributed by atoms with Crippen LogP contribution >= 0.6 is 0 Å². The van der Waals surface area contributed by atoms with Gasteiger partial charge in [0.2, 0.25) is 11.8 Å². The number of carbonyl (C=O) groups excluding carboxylic acids is 4. The molecule has 2 aliphatic carbocycles. The maximum absolute atomic E-state index is 13.0. The second-order valence-electron chi connectivity index (χ2n) is 8.39. The van der Waals surface area contributed by atoms with Crippen LogP contribution < -0.4 is 10.2 Å². The fourth-order valence-corrected chi connectivity index (χ4v) is 5.25. The summed E-state index contributed by atoms with van der Waals surface area (Å²) in [7, 11) is 0. The molecular weight excluding hydrogens is 402 g/mol. The van der Waals surface area contributed by atoms with E-state index in [9.17, 15) is 19.2 Å². The van der Waals surface area contributed by atoms with E-state index in [-0.39, 0.29) is 46.9 Å². The molecule has 0 unspecified atom stereocenters.